The van der Waals surface area contributed by atoms with E-state index in [1.54, 1.807) is 0 Å². The minimum absolute atomic E-state index is 0.113. The molecule has 96 valence electrons. The second-order valence-electron chi connectivity index (χ2n) is 3.96. The summed E-state index contributed by atoms with van der Waals surface area (Å²) in [6.45, 7) is 0.822. The molecule has 6 nitrogen and oxygen atoms in total. The maximum atomic E-state index is 11.4. The van der Waals surface area contributed by atoms with Gasteiger partial charge in [0.05, 0.1) is 0 Å². The predicted octanol–water partition coefficient (Wildman–Crippen LogP) is 0.306. The van der Waals surface area contributed by atoms with Crippen LogP contribution in [-0.4, -0.2) is 24.6 Å². The minimum Gasteiger partial charge on any atom is -0.444 e. The summed E-state index contributed by atoms with van der Waals surface area (Å²) in [5.74, 6) is -0.113. The summed E-state index contributed by atoms with van der Waals surface area (Å²) in [4.78, 5) is 22.6. The number of nitrogens with one attached hydrogen (secondary N) is 3. The van der Waals surface area contributed by atoms with Gasteiger partial charge in [-0.1, -0.05) is 30.3 Å². The SMILES string of the molecule is O=C(NNC1CCNC1=O)OCc1ccccc1. The van der Waals surface area contributed by atoms with E-state index in [1.807, 2.05) is 30.3 Å². The van der Waals surface area contributed by atoms with Gasteiger partial charge in [-0.25, -0.2) is 10.2 Å². The van der Waals surface area contributed by atoms with Crippen LogP contribution in [0.15, 0.2) is 30.3 Å². The molecule has 18 heavy (non-hydrogen) atoms. The number of carbonyl (C=O) groups is 2. The van der Waals surface area contributed by atoms with E-state index >= 15 is 0 Å². The summed E-state index contributed by atoms with van der Waals surface area (Å²) in [6.07, 6.45) is 0.0520. The van der Waals surface area contributed by atoms with Crippen LogP contribution >= 0.6 is 0 Å². The Morgan fingerprint density at radius 3 is 2.83 bits per heavy atom. The zero-order valence-electron chi connectivity index (χ0n) is 9.81. The molecule has 1 atom stereocenters. The second kappa shape index (κ2) is 6.02. The normalized spacial score (nSPS) is 18.2. The van der Waals surface area contributed by atoms with Crippen molar-refractivity contribution in [3.63, 3.8) is 0 Å². The molecule has 0 aromatic heterocycles. The molecule has 1 heterocycles. The fourth-order valence-corrected chi connectivity index (χ4v) is 1.64. The highest BCUT2D eigenvalue weighted by Crippen LogP contribution is 2.01. The zero-order valence-corrected chi connectivity index (χ0v) is 9.81. The number of hydrogen-bond donors (Lipinski definition) is 3. The standard InChI is InChI=1S/C12H15N3O3/c16-11-10(6-7-13-11)14-15-12(17)18-8-9-4-2-1-3-5-9/h1-5,10,14H,6-8H2,(H,13,16)(H,15,17). The van der Waals surface area contributed by atoms with E-state index in [0.29, 0.717) is 13.0 Å². The fourth-order valence-electron chi connectivity index (χ4n) is 1.64. The van der Waals surface area contributed by atoms with Crippen molar-refractivity contribution < 1.29 is 14.3 Å². The lowest BCUT2D eigenvalue weighted by Crippen LogP contribution is -2.47. The van der Waals surface area contributed by atoms with Crippen molar-refractivity contribution in [2.24, 2.45) is 0 Å². The van der Waals surface area contributed by atoms with E-state index in [2.05, 4.69) is 16.2 Å². The molecule has 0 bridgehead atoms. The molecule has 2 amide bonds. The van der Waals surface area contributed by atoms with Crippen LogP contribution in [-0.2, 0) is 16.1 Å². The number of ether oxygens (including phenoxy) is 1. The molecule has 0 aliphatic carbocycles. The Bertz CT molecular complexity index is 422. The smallest absolute Gasteiger partial charge is 0.421 e. The van der Waals surface area contributed by atoms with E-state index in [1.165, 1.54) is 0 Å². The van der Waals surface area contributed by atoms with Gasteiger partial charge in [0, 0.05) is 6.54 Å². The lowest BCUT2D eigenvalue weighted by atomic mass is 10.2. The Hall–Kier alpha value is -2.08. The summed E-state index contributed by atoms with van der Waals surface area (Å²) in [6, 6.07) is 8.99. The number of amides is 2. The molecule has 1 aromatic rings. The fraction of sp³-hybridized carbons (Fsp3) is 0.333. The molecule has 3 N–H and O–H groups in total. The van der Waals surface area contributed by atoms with Crippen molar-refractivity contribution in [1.29, 1.82) is 0 Å². The Labute approximate surface area is 105 Å². The summed E-state index contributed by atoms with van der Waals surface area (Å²) in [5.41, 5.74) is 5.89. The molecule has 1 aliphatic rings. The van der Waals surface area contributed by atoms with Crippen LogP contribution in [0.25, 0.3) is 0 Å². The summed E-state index contributed by atoms with van der Waals surface area (Å²) in [7, 11) is 0. The molecule has 1 aliphatic heterocycles. The second-order valence-corrected chi connectivity index (χ2v) is 3.96. The molecule has 1 unspecified atom stereocenters. The molecule has 0 saturated carbocycles. The number of benzene rings is 1. The van der Waals surface area contributed by atoms with Crippen LogP contribution in [0.5, 0.6) is 0 Å². The summed E-state index contributed by atoms with van der Waals surface area (Å²) in [5, 5.41) is 2.66. The van der Waals surface area contributed by atoms with E-state index in [9.17, 15) is 9.59 Å². The number of rotatable bonds is 4. The third-order valence-electron chi connectivity index (χ3n) is 2.61. The first kappa shape index (κ1) is 12.4. The van der Waals surface area contributed by atoms with E-state index in [4.69, 9.17) is 4.74 Å². The van der Waals surface area contributed by atoms with Crippen LogP contribution < -0.4 is 16.2 Å². The molecule has 1 saturated heterocycles. The van der Waals surface area contributed by atoms with Gasteiger partial charge in [-0.3, -0.25) is 10.2 Å². The first-order valence-corrected chi connectivity index (χ1v) is 5.75. The van der Waals surface area contributed by atoms with Gasteiger partial charge in [-0.15, -0.1) is 0 Å². The van der Waals surface area contributed by atoms with E-state index in [-0.39, 0.29) is 18.6 Å². The molecule has 2 rings (SSSR count). The first-order chi connectivity index (χ1) is 8.75. The Kier molecular flexibility index (Phi) is 4.14. The molecular weight excluding hydrogens is 234 g/mol. The van der Waals surface area contributed by atoms with Crippen LogP contribution in [0.3, 0.4) is 0 Å². The Morgan fingerprint density at radius 1 is 1.39 bits per heavy atom. The van der Waals surface area contributed by atoms with Crippen LogP contribution in [0.4, 0.5) is 4.79 Å². The third kappa shape index (κ3) is 3.46. The average molecular weight is 249 g/mol. The lowest BCUT2D eigenvalue weighted by Gasteiger charge is -2.11. The Balaban J connectivity index is 1.68. The van der Waals surface area contributed by atoms with Crippen LogP contribution in [0.2, 0.25) is 0 Å². The van der Waals surface area contributed by atoms with Crippen molar-refractivity contribution in [1.82, 2.24) is 16.2 Å². The maximum absolute atomic E-state index is 11.4. The van der Waals surface area contributed by atoms with E-state index < -0.39 is 6.09 Å². The van der Waals surface area contributed by atoms with Gasteiger partial charge in [0.25, 0.3) is 0 Å². The Morgan fingerprint density at radius 2 is 2.17 bits per heavy atom. The largest absolute Gasteiger partial charge is 0.444 e. The molecule has 1 aromatic carbocycles. The van der Waals surface area contributed by atoms with Crippen molar-refractivity contribution >= 4 is 12.0 Å². The van der Waals surface area contributed by atoms with Crippen LogP contribution in [0.1, 0.15) is 12.0 Å². The topological polar surface area (TPSA) is 79.5 Å². The average Bonchev–Trinajstić information content (AvgIpc) is 2.81. The number of hydrazine groups is 1. The van der Waals surface area contributed by atoms with Crippen LogP contribution in [0, 0.1) is 0 Å². The van der Waals surface area contributed by atoms with Gasteiger partial charge in [0.2, 0.25) is 5.91 Å². The van der Waals surface area contributed by atoms with Crippen molar-refractivity contribution in [2.75, 3.05) is 6.54 Å². The van der Waals surface area contributed by atoms with Gasteiger partial charge in [0.15, 0.2) is 0 Å². The quantitative estimate of drug-likeness (QED) is 0.671. The van der Waals surface area contributed by atoms with E-state index in [0.717, 1.165) is 5.56 Å². The molecule has 0 radical (unpaired) electrons. The highest BCUT2D eigenvalue weighted by molar-refractivity contribution is 5.84. The first-order valence-electron chi connectivity index (χ1n) is 5.75. The van der Waals surface area contributed by atoms with Gasteiger partial charge in [0.1, 0.15) is 12.6 Å². The number of carbonyl (C=O) groups excluding carboxylic acids is 2. The predicted molar refractivity (Wildman–Crippen MR) is 64.3 cm³/mol. The monoisotopic (exact) mass is 249 g/mol. The van der Waals surface area contributed by atoms with Crippen molar-refractivity contribution in [2.45, 2.75) is 19.1 Å². The molecular formula is C12H15N3O3. The highest BCUT2D eigenvalue weighted by Gasteiger charge is 2.24. The minimum atomic E-state index is -0.599. The van der Waals surface area contributed by atoms with Gasteiger partial charge < -0.3 is 10.1 Å². The van der Waals surface area contributed by atoms with Gasteiger partial charge in [-0.05, 0) is 12.0 Å². The zero-order chi connectivity index (χ0) is 12.8. The molecule has 1 fully saturated rings. The molecule has 0 spiro atoms. The summed E-state index contributed by atoms with van der Waals surface area (Å²) >= 11 is 0. The summed E-state index contributed by atoms with van der Waals surface area (Å²) < 4.78 is 4.98. The maximum Gasteiger partial charge on any atom is 0.421 e. The van der Waals surface area contributed by atoms with Crippen molar-refractivity contribution in [3.8, 4) is 0 Å². The highest BCUT2D eigenvalue weighted by atomic mass is 16.6. The third-order valence-corrected chi connectivity index (χ3v) is 2.61. The lowest BCUT2D eigenvalue weighted by molar-refractivity contribution is -0.121. The van der Waals surface area contributed by atoms with Gasteiger partial charge >= 0.3 is 6.09 Å². The van der Waals surface area contributed by atoms with Crippen molar-refractivity contribution in [3.05, 3.63) is 35.9 Å². The number of hydrogen-bond acceptors (Lipinski definition) is 4. The van der Waals surface area contributed by atoms with Gasteiger partial charge in [-0.2, -0.15) is 0 Å². The molecule has 6 heteroatoms.